The molecule has 2 rings (SSSR count). The van der Waals surface area contributed by atoms with Gasteiger partial charge in [0.15, 0.2) is 0 Å². The van der Waals surface area contributed by atoms with Gasteiger partial charge in [0.2, 0.25) is 0 Å². The highest BCUT2D eigenvalue weighted by atomic mass is 14.2. The van der Waals surface area contributed by atoms with E-state index in [1.165, 1.54) is 22.3 Å². The van der Waals surface area contributed by atoms with Crippen molar-refractivity contribution in [2.75, 3.05) is 0 Å². The van der Waals surface area contributed by atoms with Crippen LogP contribution in [-0.2, 0) is 6.42 Å². The van der Waals surface area contributed by atoms with Gasteiger partial charge in [0.25, 0.3) is 0 Å². The van der Waals surface area contributed by atoms with Gasteiger partial charge in [-0.25, -0.2) is 0 Å². The maximum Gasteiger partial charge on any atom is -0.00605 e. The van der Waals surface area contributed by atoms with E-state index in [0.717, 1.165) is 6.42 Å². The van der Waals surface area contributed by atoms with Crippen molar-refractivity contribution in [1.82, 2.24) is 0 Å². The predicted octanol–water partition coefficient (Wildman–Crippen LogP) is 4.08. The van der Waals surface area contributed by atoms with Crippen LogP contribution >= 0.6 is 0 Å². The van der Waals surface area contributed by atoms with Crippen molar-refractivity contribution in [3.05, 3.63) is 40.0 Å². The van der Waals surface area contributed by atoms with Crippen molar-refractivity contribution in [3.8, 4) is 0 Å². The first kappa shape index (κ1) is 9.51. The molecule has 14 heavy (non-hydrogen) atoms. The Hall–Kier alpha value is -1.04. The topological polar surface area (TPSA) is 0 Å². The molecule has 0 saturated heterocycles. The lowest BCUT2D eigenvalue weighted by molar-refractivity contribution is 0.852. The Kier molecular flexibility index (Phi) is 2.22. The van der Waals surface area contributed by atoms with Crippen molar-refractivity contribution in [1.29, 1.82) is 0 Å². The fourth-order valence-electron chi connectivity index (χ4n) is 2.48. The molecule has 0 saturated carbocycles. The number of hydrogen-bond acceptors (Lipinski definition) is 0. The highest BCUT2D eigenvalue weighted by Gasteiger charge is 2.16. The van der Waals surface area contributed by atoms with Crippen LogP contribution in [0.4, 0.5) is 0 Å². The molecule has 0 aromatic heterocycles. The van der Waals surface area contributed by atoms with Crippen LogP contribution in [0.3, 0.4) is 0 Å². The molecule has 1 aliphatic rings. The van der Waals surface area contributed by atoms with Crippen LogP contribution in [0.25, 0.3) is 6.08 Å². The molecule has 1 aliphatic carbocycles. The van der Waals surface area contributed by atoms with E-state index in [-0.39, 0.29) is 0 Å². The molecule has 0 unspecified atom stereocenters. The largest absolute Gasteiger partial charge is 0.0683 e. The summed E-state index contributed by atoms with van der Waals surface area (Å²) >= 11 is 0. The third-order valence-corrected chi connectivity index (χ3v) is 3.03. The van der Waals surface area contributed by atoms with Gasteiger partial charge in [-0.2, -0.15) is 0 Å². The zero-order valence-electron chi connectivity index (χ0n) is 9.52. The van der Waals surface area contributed by atoms with Crippen molar-refractivity contribution >= 4 is 6.08 Å². The predicted molar refractivity (Wildman–Crippen MR) is 62.6 cm³/mol. The van der Waals surface area contributed by atoms with E-state index in [4.69, 9.17) is 0 Å². The lowest BCUT2D eigenvalue weighted by atomic mass is 9.91. The molecule has 1 aromatic carbocycles. The second-order valence-corrected chi connectivity index (χ2v) is 4.69. The van der Waals surface area contributed by atoms with Gasteiger partial charge in [-0.1, -0.05) is 37.6 Å². The van der Waals surface area contributed by atoms with E-state index in [9.17, 15) is 0 Å². The first-order valence-electron chi connectivity index (χ1n) is 5.39. The van der Waals surface area contributed by atoms with Crippen molar-refractivity contribution in [3.63, 3.8) is 0 Å². The van der Waals surface area contributed by atoms with Crippen LogP contribution in [0.2, 0.25) is 0 Å². The van der Waals surface area contributed by atoms with Crippen molar-refractivity contribution in [2.45, 2.75) is 40.0 Å². The summed E-state index contributed by atoms with van der Waals surface area (Å²) in [5.41, 5.74) is 7.48. The summed E-state index contributed by atoms with van der Waals surface area (Å²) in [5.74, 6) is 0.632. The van der Waals surface area contributed by atoms with Crippen LogP contribution in [-0.4, -0.2) is 0 Å². The summed E-state index contributed by atoms with van der Waals surface area (Å²) in [6, 6.07) is 4.55. The molecular weight excluding hydrogens is 168 g/mol. The van der Waals surface area contributed by atoms with Gasteiger partial charge in [-0.05, 0) is 48.4 Å². The molecule has 0 aliphatic heterocycles. The smallest absolute Gasteiger partial charge is 0.00605 e. The molecule has 0 amide bonds. The van der Waals surface area contributed by atoms with Crippen LogP contribution in [0.15, 0.2) is 17.7 Å². The molecule has 1 aromatic rings. The Morgan fingerprint density at radius 3 is 2.50 bits per heavy atom. The van der Waals surface area contributed by atoms with E-state index in [2.05, 4.69) is 45.9 Å². The summed E-state index contributed by atoms with van der Waals surface area (Å²) in [4.78, 5) is 0. The molecule has 0 heteroatoms. The Balaban J connectivity index is 2.63. The summed E-state index contributed by atoms with van der Waals surface area (Å²) < 4.78 is 0. The molecule has 0 radical (unpaired) electrons. The maximum atomic E-state index is 2.36. The van der Waals surface area contributed by atoms with Gasteiger partial charge in [0.05, 0.1) is 0 Å². The van der Waals surface area contributed by atoms with E-state index in [0.29, 0.717) is 5.92 Å². The van der Waals surface area contributed by atoms with Gasteiger partial charge >= 0.3 is 0 Å². The van der Waals surface area contributed by atoms with E-state index < -0.39 is 0 Å². The van der Waals surface area contributed by atoms with E-state index in [1.807, 2.05) is 0 Å². The van der Waals surface area contributed by atoms with Gasteiger partial charge in [0, 0.05) is 0 Å². The zero-order chi connectivity index (χ0) is 10.3. The molecule has 0 spiro atoms. The normalized spacial score (nSPS) is 14.5. The zero-order valence-corrected chi connectivity index (χ0v) is 9.52. The summed E-state index contributed by atoms with van der Waals surface area (Å²) in [6.07, 6.45) is 3.51. The standard InChI is InChI=1S/C14H18/c1-9(2)14-11(4)5-6-12-7-10(3)8-13(12)14/h5-6,8-9H,7H2,1-4H3. The average Bonchev–Trinajstić information content (AvgIpc) is 2.43. The minimum absolute atomic E-state index is 0.632. The third kappa shape index (κ3) is 1.39. The van der Waals surface area contributed by atoms with Gasteiger partial charge in [-0.3, -0.25) is 0 Å². The molecule has 0 nitrogen and oxygen atoms in total. The van der Waals surface area contributed by atoms with Crippen LogP contribution in [0, 0.1) is 6.92 Å². The summed E-state index contributed by atoms with van der Waals surface area (Å²) in [5, 5.41) is 0. The minimum Gasteiger partial charge on any atom is -0.0683 e. The lowest BCUT2D eigenvalue weighted by Crippen LogP contribution is -1.97. The van der Waals surface area contributed by atoms with Crippen LogP contribution in [0.5, 0.6) is 0 Å². The number of fused-ring (bicyclic) bond motifs is 1. The number of benzene rings is 1. The summed E-state index contributed by atoms with van der Waals surface area (Å²) in [7, 11) is 0. The number of rotatable bonds is 1. The second kappa shape index (κ2) is 3.27. The average molecular weight is 186 g/mol. The monoisotopic (exact) mass is 186 g/mol. The fourth-order valence-corrected chi connectivity index (χ4v) is 2.48. The Morgan fingerprint density at radius 2 is 1.86 bits per heavy atom. The fraction of sp³-hybridized carbons (Fsp3) is 0.429. The third-order valence-electron chi connectivity index (χ3n) is 3.03. The molecule has 0 atom stereocenters. The minimum atomic E-state index is 0.632. The maximum absolute atomic E-state index is 2.36. The van der Waals surface area contributed by atoms with Gasteiger partial charge in [0.1, 0.15) is 0 Å². The first-order valence-corrected chi connectivity index (χ1v) is 5.39. The Bertz CT molecular complexity index is 395. The highest BCUT2D eigenvalue weighted by Crippen LogP contribution is 2.33. The number of hydrogen-bond donors (Lipinski definition) is 0. The molecule has 0 heterocycles. The molecule has 74 valence electrons. The van der Waals surface area contributed by atoms with Crippen molar-refractivity contribution in [2.24, 2.45) is 0 Å². The first-order chi connectivity index (χ1) is 6.59. The second-order valence-electron chi connectivity index (χ2n) is 4.69. The van der Waals surface area contributed by atoms with Crippen molar-refractivity contribution < 1.29 is 0 Å². The van der Waals surface area contributed by atoms with Gasteiger partial charge < -0.3 is 0 Å². The molecule has 0 N–H and O–H groups in total. The quantitative estimate of drug-likeness (QED) is 0.620. The molecule has 0 fully saturated rings. The molecule has 0 bridgehead atoms. The lowest BCUT2D eigenvalue weighted by Gasteiger charge is -2.14. The van der Waals surface area contributed by atoms with Crippen LogP contribution < -0.4 is 0 Å². The number of aryl methyl sites for hydroxylation is 1. The number of allylic oxidation sites excluding steroid dienone is 1. The van der Waals surface area contributed by atoms with Gasteiger partial charge in [-0.15, -0.1) is 0 Å². The Labute approximate surface area is 86.7 Å². The van der Waals surface area contributed by atoms with E-state index in [1.54, 1.807) is 5.56 Å². The van der Waals surface area contributed by atoms with E-state index >= 15 is 0 Å². The van der Waals surface area contributed by atoms with Crippen LogP contribution in [0.1, 0.15) is 48.9 Å². The highest BCUT2D eigenvalue weighted by molar-refractivity contribution is 5.68. The Morgan fingerprint density at radius 1 is 1.14 bits per heavy atom. The molecular formula is C14H18. The summed E-state index contributed by atoms with van der Waals surface area (Å²) in [6.45, 7) is 9.00. The SMILES string of the molecule is CC1=Cc2c(ccc(C)c2C(C)C)C1.